The van der Waals surface area contributed by atoms with Crippen LogP contribution >= 0.6 is 0 Å². The lowest BCUT2D eigenvalue weighted by atomic mass is 10.2. The molecule has 0 saturated heterocycles. The minimum atomic E-state index is -0.332. The van der Waals surface area contributed by atoms with Crippen molar-refractivity contribution in [3.63, 3.8) is 0 Å². The summed E-state index contributed by atoms with van der Waals surface area (Å²) in [5.74, 6) is -0.332. The molecule has 30 heavy (non-hydrogen) atoms. The van der Waals surface area contributed by atoms with Crippen LogP contribution in [-0.2, 0) is 18.9 Å². The molecular formula is C24H41NO5. The summed E-state index contributed by atoms with van der Waals surface area (Å²) in [5, 5.41) is 3.32. The van der Waals surface area contributed by atoms with E-state index in [1.165, 1.54) is 25.7 Å². The summed E-state index contributed by atoms with van der Waals surface area (Å²) in [6, 6.07) is 7.35. The van der Waals surface area contributed by atoms with E-state index in [0.29, 0.717) is 38.6 Å². The average Bonchev–Trinajstić information content (AvgIpc) is 2.77. The standard InChI is InChI=1S/C24H41NO5/c1-3-5-7-8-9-15-27-16-17-28-18-19-29-20-21-30-24(26)22-10-12-23(13-11-22)25-14-6-4-2/h10-13,25H,3-9,14-21H2,1-2H3. The number of nitrogens with one attached hydrogen (secondary N) is 1. The SMILES string of the molecule is CCCCCCCOCCOCCOCCOC(=O)c1ccc(NCCCC)cc1. The Labute approximate surface area is 182 Å². The lowest BCUT2D eigenvalue weighted by molar-refractivity contribution is 0.000187. The van der Waals surface area contributed by atoms with Gasteiger partial charge in [0.15, 0.2) is 0 Å². The Kier molecular flexibility index (Phi) is 17.0. The molecule has 0 heterocycles. The molecule has 1 aromatic rings. The van der Waals surface area contributed by atoms with Gasteiger partial charge in [0, 0.05) is 18.8 Å². The highest BCUT2D eigenvalue weighted by Crippen LogP contribution is 2.10. The summed E-state index contributed by atoms with van der Waals surface area (Å²) in [7, 11) is 0. The fraction of sp³-hybridized carbons (Fsp3) is 0.708. The highest BCUT2D eigenvalue weighted by Gasteiger charge is 2.06. The molecule has 0 aliphatic heterocycles. The first-order valence-corrected chi connectivity index (χ1v) is 11.5. The summed E-state index contributed by atoms with van der Waals surface area (Å²) in [6.45, 7) is 8.92. The zero-order valence-corrected chi connectivity index (χ0v) is 19.0. The third kappa shape index (κ3) is 14.4. The van der Waals surface area contributed by atoms with Crippen molar-refractivity contribution in [3.8, 4) is 0 Å². The van der Waals surface area contributed by atoms with Gasteiger partial charge in [0.1, 0.15) is 6.61 Å². The molecule has 0 aromatic heterocycles. The van der Waals surface area contributed by atoms with E-state index in [1.807, 2.05) is 12.1 Å². The first kappa shape index (κ1) is 26.4. The summed E-state index contributed by atoms with van der Waals surface area (Å²) in [5.41, 5.74) is 1.56. The van der Waals surface area contributed by atoms with Crippen LogP contribution in [0.25, 0.3) is 0 Å². The van der Waals surface area contributed by atoms with Gasteiger partial charge >= 0.3 is 5.97 Å². The Morgan fingerprint density at radius 2 is 1.27 bits per heavy atom. The van der Waals surface area contributed by atoms with Crippen LogP contribution in [0.1, 0.15) is 69.2 Å². The van der Waals surface area contributed by atoms with Crippen molar-refractivity contribution in [1.29, 1.82) is 0 Å². The van der Waals surface area contributed by atoms with Gasteiger partial charge in [0.05, 0.1) is 38.6 Å². The third-order valence-corrected chi connectivity index (χ3v) is 4.58. The molecule has 172 valence electrons. The molecule has 0 aliphatic carbocycles. The number of hydrogen-bond donors (Lipinski definition) is 1. The molecule has 1 aromatic carbocycles. The second-order valence-corrected chi connectivity index (χ2v) is 7.24. The van der Waals surface area contributed by atoms with Crippen LogP contribution in [0.4, 0.5) is 5.69 Å². The number of anilines is 1. The molecule has 0 radical (unpaired) electrons. The molecule has 0 fully saturated rings. The number of unbranched alkanes of at least 4 members (excludes halogenated alkanes) is 5. The first-order chi connectivity index (χ1) is 14.8. The largest absolute Gasteiger partial charge is 0.460 e. The molecule has 0 saturated carbocycles. The molecule has 0 amide bonds. The zero-order valence-electron chi connectivity index (χ0n) is 19.0. The van der Waals surface area contributed by atoms with E-state index in [9.17, 15) is 4.79 Å². The number of carbonyl (C=O) groups excluding carboxylic acids is 1. The molecule has 6 heteroatoms. The fourth-order valence-electron chi connectivity index (χ4n) is 2.76. The van der Waals surface area contributed by atoms with E-state index in [-0.39, 0.29) is 12.6 Å². The molecule has 1 rings (SSSR count). The van der Waals surface area contributed by atoms with E-state index in [1.54, 1.807) is 12.1 Å². The maximum atomic E-state index is 12.0. The average molecular weight is 424 g/mol. The molecule has 1 N–H and O–H groups in total. The van der Waals surface area contributed by atoms with Crippen LogP contribution in [0.15, 0.2) is 24.3 Å². The first-order valence-electron chi connectivity index (χ1n) is 11.5. The normalized spacial score (nSPS) is 10.9. The monoisotopic (exact) mass is 423 g/mol. The van der Waals surface area contributed by atoms with Gasteiger partial charge in [-0.2, -0.15) is 0 Å². The Morgan fingerprint density at radius 3 is 1.90 bits per heavy atom. The topological polar surface area (TPSA) is 66.0 Å². The predicted molar refractivity (Wildman–Crippen MR) is 121 cm³/mol. The van der Waals surface area contributed by atoms with Crippen molar-refractivity contribution in [1.82, 2.24) is 0 Å². The van der Waals surface area contributed by atoms with Crippen molar-refractivity contribution in [2.75, 3.05) is 58.1 Å². The Hall–Kier alpha value is -1.63. The van der Waals surface area contributed by atoms with Crippen LogP contribution in [0.5, 0.6) is 0 Å². The molecule has 0 bridgehead atoms. The number of rotatable bonds is 20. The minimum absolute atomic E-state index is 0.233. The van der Waals surface area contributed by atoms with Gasteiger partial charge in [-0.3, -0.25) is 0 Å². The van der Waals surface area contributed by atoms with Crippen molar-refractivity contribution in [3.05, 3.63) is 29.8 Å². The van der Waals surface area contributed by atoms with Gasteiger partial charge in [-0.25, -0.2) is 4.79 Å². The summed E-state index contributed by atoms with van der Waals surface area (Å²) in [6.07, 6.45) is 8.53. The summed E-state index contributed by atoms with van der Waals surface area (Å²) < 4.78 is 21.6. The van der Waals surface area contributed by atoms with E-state index in [0.717, 1.165) is 38.1 Å². The zero-order chi connectivity index (χ0) is 21.7. The van der Waals surface area contributed by atoms with Crippen LogP contribution in [0, 0.1) is 0 Å². The highest BCUT2D eigenvalue weighted by atomic mass is 16.6. The Bertz CT molecular complexity index is 521. The van der Waals surface area contributed by atoms with Gasteiger partial charge in [-0.05, 0) is 37.1 Å². The van der Waals surface area contributed by atoms with Crippen molar-refractivity contribution in [2.24, 2.45) is 0 Å². The number of benzene rings is 1. The number of esters is 1. The van der Waals surface area contributed by atoms with Crippen LogP contribution in [0.3, 0.4) is 0 Å². The van der Waals surface area contributed by atoms with Gasteiger partial charge in [0.25, 0.3) is 0 Å². The van der Waals surface area contributed by atoms with Gasteiger partial charge in [-0.1, -0.05) is 46.0 Å². The maximum Gasteiger partial charge on any atom is 0.338 e. The third-order valence-electron chi connectivity index (χ3n) is 4.58. The van der Waals surface area contributed by atoms with Crippen molar-refractivity contribution < 1.29 is 23.7 Å². The van der Waals surface area contributed by atoms with Crippen LogP contribution < -0.4 is 5.32 Å². The molecule has 0 spiro atoms. The molecule has 0 aliphatic rings. The maximum absolute atomic E-state index is 12.0. The second kappa shape index (κ2) is 19.3. The smallest absolute Gasteiger partial charge is 0.338 e. The van der Waals surface area contributed by atoms with Crippen LogP contribution in [-0.4, -0.2) is 58.8 Å². The molecule has 0 unspecified atom stereocenters. The predicted octanol–water partition coefficient (Wildman–Crippen LogP) is 5.08. The van der Waals surface area contributed by atoms with E-state index in [2.05, 4.69) is 19.2 Å². The quantitative estimate of drug-likeness (QED) is 0.233. The number of carbonyl (C=O) groups is 1. The van der Waals surface area contributed by atoms with Crippen molar-refractivity contribution in [2.45, 2.75) is 58.8 Å². The summed E-state index contributed by atoms with van der Waals surface area (Å²) >= 11 is 0. The Morgan fingerprint density at radius 1 is 0.700 bits per heavy atom. The lowest BCUT2D eigenvalue weighted by Gasteiger charge is -2.08. The molecule has 6 nitrogen and oxygen atoms in total. The summed E-state index contributed by atoms with van der Waals surface area (Å²) in [4.78, 5) is 12.0. The Balaban J connectivity index is 1.91. The second-order valence-electron chi connectivity index (χ2n) is 7.24. The molecule has 0 atom stereocenters. The van der Waals surface area contributed by atoms with Crippen molar-refractivity contribution >= 4 is 11.7 Å². The van der Waals surface area contributed by atoms with Crippen LogP contribution in [0.2, 0.25) is 0 Å². The van der Waals surface area contributed by atoms with Gasteiger partial charge in [0.2, 0.25) is 0 Å². The number of ether oxygens (including phenoxy) is 4. The highest BCUT2D eigenvalue weighted by molar-refractivity contribution is 5.89. The molecular weight excluding hydrogens is 382 g/mol. The van der Waals surface area contributed by atoms with Gasteiger partial charge < -0.3 is 24.3 Å². The van der Waals surface area contributed by atoms with E-state index < -0.39 is 0 Å². The minimum Gasteiger partial charge on any atom is -0.460 e. The fourth-order valence-corrected chi connectivity index (χ4v) is 2.76. The lowest BCUT2D eigenvalue weighted by Crippen LogP contribution is -2.14. The van der Waals surface area contributed by atoms with E-state index >= 15 is 0 Å². The van der Waals surface area contributed by atoms with Gasteiger partial charge in [-0.15, -0.1) is 0 Å². The number of hydrogen-bond acceptors (Lipinski definition) is 6. The van der Waals surface area contributed by atoms with E-state index in [4.69, 9.17) is 18.9 Å².